The Morgan fingerprint density at radius 2 is 0.962 bits per heavy atom. The van der Waals surface area contributed by atoms with Crippen LogP contribution in [0.1, 0.15) is 125 Å². The Kier molecular flexibility index (Phi) is 47.0. The fourth-order valence-electron chi connectivity index (χ4n) is 3.30. The van der Waals surface area contributed by atoms with Crippen LogP contribution in [0.3, 0.4) is 0 Å². The largest absolute Gasteiger partial charge is 4.00 e. The van der Waals surface area contributed by atoms with Crippen molar-refractivity contribution in [2.75, 3.05) is 13.2 Å². The molecule has 0 heterocycles. The zero-order valence-electron chi connectivity index (χ0n) is 31.4. The number of ether oxygens (including phenoxy) is 2. The van der Waals surface area contributed by atoms with Gasteiger partial charge in [0.15, 0.2) is 5.25 Å². The van der Waals surface area contributed by atoms with Gasteiger partial charge >= 0.3 is 65.4 Å². The first-order valence-electron chi connectivity index (χ1n) is 16.6. The average molecular weight is 886 g/mol. The molecule has 20 heteroatoms. The molecule has 0 amide bonds. The first-order valence-corrected chi connectivity index (χ1v) is 18.1. The van der Waals surface area contributed by atoms with E-state index in [2.05, 4.69) is 27.7 Å². The molecule has 17 nitrogen and oxygen atoms in total. The second kappa shape index (κ2) is 39.2. The number of unbranched alkanes of at least 4 members (excludes halogenated alkanes) is 3. The quantitative estimate of drug-likeness (QED) is 0.0550. The van der Waals surface area contributed by atoms with E-state index >= 15 is 0 Å². The van der Waals surface area contributed by atoms with Crippen molar-refractivity contribution in [1.29, 1.82) is 0 Å². The Labute approximate surface area is 346 Å². The number of esters is 2. The van der Waals surface area contributed by atoms with Crippen LogP contribution in [-0.2, 0) is 48.4 Å². The summed E-state index contributed by atoms with van der Waals surface area (Å²) in [5.74, 6) is -8.59. The van der Waals surface area contributed by atoms with Gasteiger partial charge in [0.05, 0.1) is 43.8 Å². The van der Waals surface area contributed by atoms with Gasteiger partial charge in [-0.1, -0.05) is 92.9 Å². The van der Waals surface area contributed by atoms with Gasteiger partial charge in [-0.3, -0.25) is 9.59 Å². The van der Waals surface area contributed by atoms with Crippen molar-refractivity contribution in [3.05, 3.63) is 0 Å². The number of rotatable bonds is 23. The predicted octanol–water partition coefficient (Wildman–Crippen LogP) is -5.29. The summed E-state index contributed by atoms with van der Waals surface area (Å²) in [5.41, 5.74) is 0. The molecular weight excluding hydrogens is 830 g/mol. The molecule has 0 aromatic rings. The molecule has 0 aliphatic heterocycles. The molecule has 5 atom stereocenters. The maximum atomic E-state index is 12.1. The Bertz CT molecular complexity index is 1040. The van der Waals surface area contributed by atoms with Crippen molar-refractivity contribution in [2.45, 2.75) is 142 Å². The van der Waals surface area contributed by atoms with Crippen molar-refractivity contribution in [2.24, 2.45) is 11.8 Å². The third kappa shape index (κ3) is 41.2. The number of carbonyl (C=O) groups is 6. The summed E-state index contributed by atoms with van der Waals surface area (Å²) in [6.45, 7) is 12.6. The molecule has 296 valence electrons. The summed E-state index contributed by atoms with van der Waals surface area (Å²) < 4.78 is 44.6. The third-order valence-corrected chi connectivity index (χ3v) is 7.81. The van der Waals surface area contributed by atoms with E-state index < -0.39 is 82.7 Å². The number of aliphatic hydroxyl groups excluding tert-OH is 2. The normalized spacial score (nSPS) is 12.9. The number of aliphatic carboxylic acids is 4. The minimum absolute atomic E-state index is 0. The Hall–Kier alpha value is -1.55. The molecular formula is C32H55NaO17SSn. The summed E-state index contributed by atoms with van der Waals surface area (Å²) in [4.78, 5) is 62.4. The van der Waals surface area contributed by atoms with Crippen LogP contribution in [0.4, 0.5) is 0 Å². The van der Waals surface area contributed by atoms with Gasteiger partial charge in [-0.15, -0.1) is 0 Å². The number of hydrogen-bond donors (Lipinski definition) is 2. The topological polar surface area (TPSA) is 311 Å². The van der Waals surface area contributed by atoms with Gasteiger partial charge in [0.2, 0.25) is 0 Å². The second-order valence-corrected chi connectivity index (χ2v) is 12.7. The van der Waals surface area contributed by atoms with Gasteiger partial charge in [-0.25, -0.2) is 8.42 Å². The molecule has 0 rings (SSSR count). The second-order valence-electron chi connectivity index (χ2n) is 11.2. The number of carboxylic acids is 4. The van der Waals surface area contributed by atoms with Gasteiger partial charge < -0.3 is 63.8 Å². The van der Waals surface area contributed by atoms with E-state index in [1.807, 2.05) is 13.8 Å². The predicted molar refractivity (Wildman–Crippen MR) is 174 cm³/mol. The van der Waals surface area contributed by atoms with E-state index in [0.717, 1.165) is 51.4 Å². The number of aliphatic hydroxyl groups is 2. The number of hydrogen-bond acceptors (Lipinski definition) is 17. The Balaban J connectivity index is -0.000000179. The fraction of sp³-hybridized carbons (Fsp3) is 0.812. The standard InChI is InChI=1S/C20H38O7S.2C4H6O5.C4H10.Na.Sn/c1-5-9-11-16(7-3)14-26-19(21)13-18(28(23,24)25)20(22)27-15-17(8-4)12-10-6-2;2*5-2(4(8)9)1-3(6)7;1-3-4-2;;/h16-18H,5-15H2,1-4H3,(H,23,24,25);2*2,5H,1H2,(H,6,7)(H,8,9);3-4H2,1-2H3;;/q;;;;+1;+4/p-5. The molecule has 0 aromatic carbocycles. The first kappa shape index (κ1) is 62.4. The number of carbonyl (C=O) groups excluding carboxylic acids is 6. The molecule has 0 saturated carbocycles. The van der Waals surface area contributed by atoms with Crippen molar-refractivity contribution in [3.8, 4) is 0 Å². The van der Waals surface area contributed by atoms with Gasteiger partial charge in [-0.2, -0.15) is 0 Å². The van der Waals surface area contributed by atoms with Crippen molar-refractivity contribution < 1.29 is 111 Å². The SMILES string of the molecule is CCCC.CCCCC(CC)COC(=O)CC(C(=O)OCC(CC)CCCC)S(=O)(=O)[O-].O=C([O-])CC(O)C(=O)[O-].O=C([O-])CC(O)C(=O)[O-].[Na+].[Sn+4]. The van der Waals surface area contributed by atoms with Crippen LogP contribution in [-0.4, -0.2) is 114 Å². The van der Waals surface area contributed by atoms with Crippen LogP contribution in [0.5, 0.6) is 0 Å². The number of carboxylic acid groups (broad SMARTS) is 4. The summed E-state index contributed by atoms with van der Waals surface area (Å²) in [7, 11) is -5.01. The fourth-order valence-corrected chi connectivity index (χ4v) is 3.94. The van der Waals surface area contributed by atoms with Crippen LogP contribution in [0.15, 0.2) is 0 Å². The molecule has 5 unspecified atom stereocenters. The molecule has 0 aromatic heterocycles. The molecule has 0 bridgehead atoms. The van der Waals surface area contributed by atoms with Crippen molar-refractivity contribution >= 4 is 69.8 Å². The van der Waals surface area contributed by atoms with Gasteiger partial charge in [-0.05, 0) is 24.7 Å². The van der Waals surface area contributed by atoms with Crippen LogP contribution in [0.25, 0.3) is 0 Å². The molecule has 0 radical (unpaired) electrons. The van der Waals surface area contributed by atoms with E-state index in [1.165, 1.54) is 12.8 Å². The average Bonchev–Trinajstić information content (AvgIpc) is 3.03. The van der Waals surface area contributed by atoms with E-state index in [9.17, 15) is 62.2 Å². The summed E-state index contributed by atoms with van der Waals surface area (Å²) in [6, 6.07) is 0. The summed E-state index contributed by atoms with van der Waals surface area (Å²) in [5, 5.41) is 52.6. The maximum absolute atomic E-state index is 12.1. The molecule has 0 spiro atoms. The smallest absolute Gasteiger partial charge is 0.747 e. The molecule has 2 N–H and O–H groups in total. The minimum atomic E-state index is -5.01. The van der Waals surface area contributed by atoms with Crippen molar-refractivity contribution in [3.63, 3.8) is 0 Å². The van der Waals surface area contributed by atoms with E-state index in [1.54, 1.807) is 0 Å². The Morgan fingerprint density at radius 1 is 0.615 bits per heavy atom. The van der Waals surface area contributed by atoms with Crippen LogP contribution in [0, 0.1) is 11.8 Å². The van der Waals surface area contributed by atoms with Crippen LogP contribution >= 0.6 is 0 Å². The maximum Gasteiger partial charge on any atom is 4.00 e. The Morgan fingerprint density at radius 3 is 1.19 bits per heavy atom. The third-order valence-electron chi connectivity index (χ3n) is 6.76. The summed E-state index contributed by atoms with van der Waals surface area (Å²) >= 11 is 0. The first-order chi connectivity index (χ1) is 23.2. The molecule has 0 fully saturated rings. The van der Waals surface area contributed by atoms with Gasteiger partial charge in [0, 0.05) is 24.8 Å². The van der Waals surface area contributed by atoms with E-state index in [4.69, 9.17) is 19.7 Å². The zero-order chi connectivity index (χ0) is 39.9. The molecule has 0 aliphatic carbocycles. The van der Waals surface area contributed by atoms with E-state index in [-0.39, 0.29) is 78.5 Å². The molecule has 0 saturated heterocycles. The minimum Gasteiger partial charge on any atom is -0.747 e. The zero-order valence-corrected chi connectivity index (χ0v) is 37.1. The molecule has 52 heavy (non-hydrogen) atoms. The monoisotopic (exact) mass is 886 g/mol. The molecule has 0 aliphatic rings. The van der Waals surface area contributed by atoms with E-state index in [0.29, 0.717) is 0 Å². The van der Waals surface area contributed by atoms with Crippen molar-refractivity contribution in [1.82, 2.24) is 0 Å². The van der Waals surface area contributed by atoms with Gasteiger partial charge in [0.25, 0.3) is 0 Å². The van der Waals surface area contributed by atoms with Crippen LogP contribution < -0.4 is 50.0 Å². The van der Waals surface area contributed by atoms with Gasteiger partial charge in [0.1, 0.15) is 10.1 Å². The van der Waals surface area contributed by atoms with Crippen LogP contribution in [0.2, 0.25) is 0 Å². The summed E-state index contributed by atoms with van der Waals surface area (Å²) in [6.07, 6.45) is 3.44.